The molecule has 0 spiro atoms. The first-order valence-corrected chi connectivity index (χ1v) is 8.09. The molecule has 0 radical (unpaired) electrons. The lowest BCUT2D eigenvalue weighted by molar-refractivity contribution is 0.0954. The van der Waals surface area contributed by atoms with Crippen LogP contribution in [0.2, 0.25) is 0 Å². The summed E-state index contributed by atoms with van der Waals surface area (Å²) in [7, 11) is 1.60. The Bertz CT molecular complexity index is 740. The normalized spacial score (nSPS) is 11.5. The van der Waals surface area contributed by atoms with Crippen LogP contribution in [0.3, 0.4) is 0 Å². The largest absolute Gasteiger partial charge is 0.496 e. The number of amides is 1. The lowest BCUT2D eigenvalue weighted by Gasteiger charge is -2.05. The van der Waals surface area contributed by atoms with Crippen LogP contribution >= 0.6 is 22.6 Å². The molecule has 0 atom stereocenters. The molecule has 0 heterocycles. The number of rotatable bonds is 5. The summed E-state index contributed by atoms with van der Waals surface area (Å²) in [5.74, 6) is 0.491. The molecular weight excluding hydrogens is 403 g/mol. The molecule has 2 aromatic carbocycles. The van der Waals surface area contributed by atoms with Crippen molar-refractivity contribution in [3.8, 4) is 5.75 Å². The molecule has 0 saturated heterocycles. The van der Waals surface area contributed by atoms with Gasteiger partial charge in [-0.2, -0.15) is 5.10 Å². The zero-order valence-corrected chi connectivity index (χ0v) is 15.1. The molecule has 0 aliphatic heterocycles. The average molecular weight is 420 g/mol. The third kappa shape index (κ3) is 5.21. The Kier molecular flexibility index (Phi) is 6.34. The van der Waals surface area contributed by atoms with Gasteiger partial charge in [0.05, 0.1) is 16.4 Å². The summed E-state index contributed by atoms with van der Waals surface area (Å²) in [6, 6.07) is 15.2. The van der Waals surface area contributed by atoms with Gasteiger partial charge in [0.1, 0.15) is 5.75 Å². The lowest BCUT2D eigenvalue weighted by Crippen LogP contribution is -2.18. The van der Waals surface area contributed by atoms with E-state index in [1.807, 2.05) is 49.4 Å². The quantitative estimate of drug-likeness (QED) is 0.450. The van der Waals surface area contributed by atoms with Crippen molar-refractivity contribution >= 4 is 40.3 Å². The first-order valence-electron chi connectivity index (χ1n) is 7.01. The van der Waals surface area contributed by atoms with E-state index >= 15 is 0 Å². The van der Waals surface area contributed by atoms with Gasteiger partial charge in [0.2, 0.25) is 0 Å². The van der Waals surface area contributed by atoms with Crippen molar-refractivity contribution < 1.29 is 9.53 Å². The Morgan fingerprint density at radius 2 is 1.96 bits per heavy atom. The van der Waals surface area contributed by atoms with Crippen LogP contribution in [0.25, 0.3) is 6.08 Å². The summed E-state index contributed by atoms with van der Waals surface area (Å²) in [5, 5.41) is 4.08. The summed E-state index contributed by atoms with van der Waals surface area (Å²) in [5.41, 5.74) is 4.89. The van der Waals surface area contributed by atoms with Crippen molar-refractivity contribution in [2.75, 3.05) is 7.11 Å². The van der Waals surface area contributed by atoms with Gasteiger partial charge in [-0.3, -0.25) is 4.79 Å². The topological polar surface area (TPSA) is 50.7 Å². The van der Waals surface area contributed by atoms with E-state index in [1.165, 1.54) is 0 Å². The van der Waals surface area contributed by atoms with E-state index in [1.54, 1.807) is 25.3 Å². The molecule has 118 valence electrons. The molecule has 1 N–H and O–H groups in total. The molecule has 0 bridgehead atoms. The van der Waals surface area contributed by atoms with Gasteiger partial charge in [-0.05, 0) is 59.4 Å². The molecule has 4 nitrogen and oxygen atoms in total. The molecule has 0 saturated carbocycles. The van der Waals surface area contributed by atoms with Crippen LogP contribution in [-0.2, 0) is 0 Å². The van der Waals surface area contributed by atoms with Crippen molar-refractivity contribution in [2.24, 2.45) is 5.10 Å². The number of carbonyl (C=O) groups is 1. The predicted molar refractivity (Wildman–Crippen MR) is 102 cm³/mol. The standard InChI is InChI=1S/C18H17IN2O2/c1-13(8-9-14-6-4-3-5-7-14)20-21-18(22)15-10-11-17(23-2)16(19)12-15/h3-12H,1-2H3,(H,21,22)/b9-8-,20-13-. The molecule has 2 aromatic rings. The summed E-state index contributed by atoms with van der Waals surface area (Å²) < 4.78 is 6.05. The fourth-order valence-corrected chi connectivity index (χ4v) is 2.56. The molecule has 0 fully saturated rings. The van der Waals surface area contributed by atoms with Crippen LogP contribution in [0.5, 0.6) is 5.75 Å². The summed E-state index contributed by atoms with van der Waals surface area (Å²) in [6.07, 6.45) is 3.80. The van der Waals surface area contributed by atoms with Gasteiger partial charge in [-0.25, -0.2) is 5.43 Å². The van der Waals surface area contributed by atoms with Gasteiger partial charge in [0.25, 0.3) is 5.91 Å². The zero-order valence-electron chi connectivity index (χ0n) is 12.9. The molecule has 0 unspecified atom stereocenters. The van der Waals surface area contributed by atoms with Crippen molar-refractivity contribution in [2.45, 2.75) is 6.92 Å². The van der Waals surface area contributed by atoms with Crippen LogP contribution in [0.15, 0.2) is 59.7 Å². The van der Waals surface area contributed by atoms with E-state index in [9.17, 15) is 4.79 Å². The number of benzene rings is 2. The highest BCUT2D eigenvalue weighted by atomic mass is 127. The number of ether oxygens (including phenoxy) is 1. The molecule has 0 aromatic heterocycles. The Hall–Kier alpha value is -2.15. The van der Waals surface area contributed by atoms with E-state index in [0.717, 1.165) is 14.9 Å². The van der Waals surface area contributed by atoms with Crippen molar-refractivity contribution in [1.29, 1.82) is 0 Å². The summed E-state index contributed by atoms with van der Waals surface area (Å²) >= 11 is 2.13. The number of nitrogens with zero attached hydrogens (tertiary/aromatic N) is 1. The SMILES string of the molecule is COc1ccc(C(=O)N/N=C(C)\C=C/c2ccccc2)cc1I. The van der Waals surface area contributed by atoms with Crippen LogP contribution in [-0.4, -0.2) is 18.7 Å². The van der Waals surface area contributed by atoms with E-state index in [0.29, 0.717) is 11.3 Å². The number of nitrogens with one attached hydrogen (secondary N) is 1. The van der Waals surface area contributed by atoms with E-state index in [2.05, 4.69) is 33.1 Å². The van der Waals surface area contributed by atoms with Gasteiger partial charge in [-0.1, -0.05) is 36.4 Å². The first-order chi connectivity index (χ1) is 11.1. The second-order valence-corrected chi connectivity index (χ2v) is 5.95. The minimum absolute atomic E-state index is 0.252. The molecule has 2 rings (SSSR count). The Morgan fingerprint density at radius 1 is 1.22 bits per heavy atom. The Labute approximate surface area is 149 Å². The number of hydrogen-bond donors (Lipinski definition) is 1. The number of carbonyl (C=O) groups excluding carboxylic acids is 1. The first kappa shape index (κ1) is 17.2. The maximum Gasteiger partial charge on any atom is 0.271 e. The third-order valence-corrected chi connectivity index (χ3v) is 3.91. The number of methoxy groups -OCH3 is 1. The molecule has 1 amide bonds. The van der Waals surface area contributed by atoms with Crippen LogP contribution < -0.4 is 10.2 Å². The van der Waals surface area contributed by atoms with Gasteiger partial charge >= 0.3 is 0 Å². The summed E-state index contributed by atoms with van der Waals surface area (Å²) in [6.45, 7) is 1.83. The van der Waals surface area contributed by atoms with E-state index < -0.39 is 0 Å². The van der Waals surface area contributed by atoms with Crippen molar-refractivity contribution in [3.63, 3.8) is 0 Å². The molecule has 0 aliphatic rings. The van der Waals surface area contributed by atoms with Gasteiger partial charge in [0.15, 0.2) is 0 Å². The maximum atomic E-state index is 12.1. The molecule has 0 aliphatic carbocycles. The van der Waals surface area contributed by atoms with Gasteiger partial charge < -0.3 is 4.74 Å². The zero-order chi connectivity index (χ0) is 16.7. The highest BCUT2D eigenvalue weighted by Crippen LogP contribution is 2.21. The van der Waals surface area contributed by atoms with Crippen LogP contribution in [0.1, 0.15) is 22.8 Å². The van der Waals surface area contributed by atoms with Gasteiger partial charge in [0, 0.05) is 5.56 Å². The fourth-order valence-electron chi connectivity index (χ4n) is 1.83. The lowest BCUT2D eigenvalue weighted by atomic mass is 10.2. The van der Waals surface area contributed by atoms with E-state index in [-0.39, 0.29) is 5.91 Å². The molecule has 23 heavy (non-hydrogen) atoms. The van der Waals surface area contributed by atoms with Gasteiger partial charge in [-0.15, -0.1) is 0 Å². The monoisotopic (exact) mass is 420 g/mol. The molecule has 5 heteroatoms. The third-order valence-electron chi connectivity index (χ3n) is 3.06. The van der Waals surface area contributed by atoms with Crippen LogP contribution in [0, 0.1) is 3.57 Å². The predicted octanol–water partition coefficient (Wildman–Crippen LogP) is 4.12. The van der Waals surface area contributed by atoms with E-state index in [4.69, 9.17) is 4.74 Å². The maximum absolute atomic E-state index is 12.1. The number of hydrazone groups is 1. The summed E-state index contributed by atoms with van der Waals surface area (Å²) in [4.78, 5) is 12.1. The number of halogens is 1. The highest BCUT2D eigenvalue weighted by Gasteiger charge is 2.07. The fraction of sp³-hybridized carbons (Fsp3) is 0.111. The average Bonchev–Trinajstić information content (AvgIpc) is 2.58. The Morgan fingerprint density at radius 3 is 2.61 bits per heavy atom. The van der Waals surface area contributed by atoms with Crippen molar-refractivity contribution in [3.05, 3.63) is 69.3 Å². The Balaban J connectivity index is 2.00. The van der Waals surface area contributed by atoms with Crippen LogP contribution in [0.4, 0.5) is 0 Å². The minimum Gasteiger partial charge on any atom is -0.496 e. The van der Waals surface area contributed by atoms with Crippen molar-refractivity contribution in [1.82, 2.24) is 5.43 Å². The molecular formula is C18H17IN2O2. The second kappa shape index (κ2) is 8.47. The highest BCUT2D eigenvalue weighted by molar-refractivity contribution is 14.1. The number of allylic oxidation sites excluding steroid dienone is 1. The minimum atomic E-state index is -0.252. The smallest absolute Gasteiger partial charge is 0.271 e. The number of hydrogen-bond acceptors (Lipinski definition) is 3. The second-order valence-electron chi connectivity index (χ2n) is 4.79.